The van der Waals surface area contributed by atoms with Gasteiger partial charge < -0.3 is 15.3 Å². The van der Waals surface area contributed by atoms with Crippen molar-refractivity contribution in [2.24, 2.45) is 0 Å². The molecule has 1 aromatic rings. The summed E-state index contributed by atoms with van der Waals surface area (Å²) in [5.41, 5.74) is 1.73. The molecule has 0 fully saturated rings. The SMILES string of the molecule is CCc1ccc(O)c(C)n1.O=C(O)CCC(=O)O. The number of hydrogen-bond acceptors (Lipinski definition) is 4. The molecule has 0 spiro atoms. The van der Waals surface area contributed by atoms with Gasteiger partial charge in [-0.2, -0.15) is 0 Å². The normalized spacial score (nSPS) is 9.22. The number of carbonyl (C=O) groups is 2. The van der Waals surface area contributed by atoms with E-state index in [9.17, 15) is 9.59 Å². The second-order valence-corrected chi connectivity index (χ2v) is 3.55. The number of aryl methyl sites for hydroxylation is 2. The molecule has 100 valence electrons. The molecular weight excluding hydrogens is 238 g/mol. The highest BCUT2D eigenvalue weighted by molar-refractivity contribution is 5.75. The molecule has 0 bridgehead atoms. The van der Waals surface area contributed by atoms with Crippen molar-refractivity contribution in [3.63, 3.8) is 0 Å². The predicted molar refractivity (Wildman–Crippen MR) is 64.5 cm³/mol. The Balaban J connectivity index is 0.000000331. The number of aromatic nitrogens is 1. The number of nitrogens with zero attached hydrogens (tertiary/aromatic N) is 1. The fourth-order valence-corrected chi connectivity index (χ4v) is 1.02. The number of carboxylic acids is 2. The Labute approximate surface area is 105 Å². The summed E-state index contributed by atoms with van der Waals surface area (Å²) in [5.74, 6) is -1.88. The highest BCUT2D eigenvalue weighted by Gasteiger charge is 2.00. The van der Waals surface area contributed by atoms with Crippen molar-refractivity contribution in [2.45, 2.75) is 33.1 Å². The van der Waals surface area contributed by atoms with E-state index in [1.807, 2.05) is 13.0 Å². The Hall–Kier alpha value is -2.11. The minimum atomic E-state index is -1.08. The lowest BCUT2D eigenvalue weighted by molar-refractivity contribution is -0.143. The van der Waals surface area contributed by atoms with Gasteiger partial charge in [0.05, 0.1) is 18.5 Å². The summed E-state index contributed by atoms with van der Waals surface area (Å²) in [4.78, 5) is 23.4. The molecule has 0 aliphatic rings. The number of aliphatic carboxylic acids is 2. The molecule has 0 aliphatic carbocycles. The van der Waals surface area contributed by atoms with Crippen LogP contribution in [-0.2, 0) is 16.0 Å². The topological polar surface area (TPSA) is 108 Å². The van der Waals surface area contributed by atoms with Crippen molar-refractivity contribution < 1.29 is 24.9 Å². The van der Waals surface area contributed by atoms with Gasteiger partial charge in [0, 0.05) is 5.69 Å². The van der Waals surface area contributed by atoms with Crippen molar-refractivity contribution in [1.29, 1.82) is 0 Å². The molecule has 1 aromatic heterocycles. The van der Waals surface area contributed by atoms with Gasteiger partial charge in [0.15, 0.2) is 0 Å². The minimum absolute atomic E-state index is 0.275. The maximum Gasteiger partial charge on any atom is 0.303 e. The minimum Gasteiger partial charge on any atom is -0.506 e. The standard InChI is InChI=1S/C8H11NO.C4H6O4/c1-3-7-4-5-8(10)6(2)9-7;5-3(6)1-2-4(7)8/h4-5,10H,3H2,1-2H3;1-2H2,(H,5,6)(H,7,8). The van der Waals surface area contributed by atoms with Crippen molar-refractivity contribution >= 4 is 11.9 Å². The fraction of sp³-hybridized carbons (Fsp3) is 0.417. The molecule has 0 saturated carbocycles. The van der Waals surface area contributed by atoms with Gasteiger partial charge in [-0.3, -0.25) is 14.6 Å². The number of carboxylic acid groups (broad SMARTS) is 2. The number of hydrogen-bond donors (Lipinski definition) is 3. The van der Waals surface area contributed by atoms with Gasteiger partial charge in [-0.1, -0.05) is 6.92 Å². The van der Waals surface area contributed by atoms with E-state index in [4.69, 9.17) is 15.3 Å². The molecule has 0 unspecified atom stereocenters. The predicted octanol–water partition coefficient (Wildman–Crippen LogP) is 1.59. The third-order valence-electron chi connectivity index (χ3n) is 2.03. The van der Waals surface area contributed by atoms with Crippen LogP contribution in [0.4, 0.5) is 0 Å². The molecule has 0 saturated heterocycles. The van der Waals surface area contributed by atoms with Crippen molar-refractivity contribution in [3.8, 4) is 5.75 Å². The summed E-state index contributed by atoms with van der Waals surface area (Å²) in [7, 11) is 0. The van der Waals surface area contributed by atoms with Crippen LogP contribution in [0.1, 0.15) is 31.2 Å². The Morgan fingerprint density at radius 2 is 1.67 bits per heavy atom. The molecular formula is C12H17NO5. The zero-order valence-electron chi connectivity index (χ0n) is 10.4. The van der Waals surface area contributed by atoms with E-state index in [2.05, 4.69) is 4.98 Å². The molecule has 1 rings (SSSR count). The van der Waals surface area contributed by atoms with E-state index >= 15 is 0 Å². The van der Waals surface area contributed by atoms with E-state index in [0.29, 0.717) is 5.69 Å². The maximum atomic E-state index is 9.64. The van der Waals surface area contributed by atoms with Crippen molar-refractivity contribution in [1.82, 2.24) is 4.98 Å². The van der Waals surface area contributed by atoms with Gasteiger partial charge in [-0.15, -0.1) is 0 Å². The summed E-state index contributed by atoms with van der Waals surface area (Å²) < 4.78 is 0. The van der Waals surface area contributed by atoms with Gasteiger partial charge in [0.1, 0.15) is 5.75 Å². The summed E-state index contributed by atoms with van der Waals surface area (Å²) >= 11 is 0. The van der Waals surface area contributed by atoms with Crippen LogP contribution in [0, 0.1) is 6.92 Å². The van der Waals surface area contributed by atoms with E-state index in [-0.39, 0.29) is 18.6 Å². The zero-order chi connectivity index (χ0) is 14.1. The van der Waals surface area contributed by atoms with Crippen LogP contribution in [0.25, 0.3) is 0 Å². The molecule has 18 heavy (non-hydrogen) atoms. The average Bonchev–Trinajstić information content (AvgIpc) is 2.31. The largest absolute Gasteiger partial charge is 0.506 e. The molecule has 1 heterocycles. The molecule has 0 radical (unpaired) electrons. The van der Waals surface area contributed by atoms with Crippen LogP contribution < -0.4 is 0 Å². The van der Waals surface area contributed by atoms with E-state index < -0.39 is 11.9 Å². The molecule has 6 heteroatoms. The van der Waals surface area contributed by atoms with Crippen LogP contribution in [0.15, 0.2) is 12.1 Å². The molecule has 0 amide bonds. The van der Waals surface area contributed by atoms with Gasteiger partial charge in [0.2, 0.25) is 0 Å². The van der Waals surface area contributed by atoms with Crippen LogP contribution in [0.3, 0.4) is 0 Å². The molecule has 0 aromatic carbocycles. The fourth-order valence-electron chi connectivity index (χ4n) is 1.02. The lowest BCUT2D eigenvalue weighted by Crippen LogP contribution is -2.00. The first kappa shape index (κ1) is 15.9. The van der Waals surface area contributed by atoms with E-state index in [0.717, 1.165) is 12.1 Å². The summed E-state index contributed by atoms with van der Waals surface area (Å²) in [6.45, 7) is 3.84. The maximum absolute atomic E-state index is 9.64. The second-order valence-electron chi connectivity index (χ2n) is 3.55. The first-order valence-corrected chi connectivity index (χ1v) is 5.45. The summed E-state index contributed by atoms with van der Waals surface area (Å²) in [6, 6.07) is 3.52. The molecule has 6 nitrogen and oxygen atoms in total. The lowest BCUT2D eigenvalue weighted by atomic mass is 10.2. The summed E-state index contributed by atoms with van der Waals surface area (Å²) in [6.07, 6.45) is 0.325. The Kier molecular flexibility index (Phi) is 7.11. The molecule has 0 aliphatic heterocycles. The summed E-state index contributed by atoms with van der Waals surface area (Å²) in [5, 5.41) is 24.9. The molecule has 0 atom stereocenters. The highest BCUT2D eigenvalue weighted by Crippen LogP contribution is 2.12. The van der Waals surface area contributed by atoms with Gasteiger partial charge in [0.25, 0.3) is 0 Å². The monoisotopic (exact) mass is 255 g/mol. The van der Waals surface area contributed by atoms with Gasteiger partial charge in [-0.25, -0.2) is 0 Å². The van der Waals surface area contributed by atoms with Crippen molar-refractivity contribution in [3.05, 3.63) is 23.5 Å². The smallest absolute Gasteiger partial charge is 0.303 e. The molecule has 3 N–H and O–H groups in total. The van der Waals surface area contributed by atoms with Crippen LogP contribution in [0.2, 0.25) is 0 Å². The average molecular weight is 255 g/mol. The second kappa shape index (κ2) is 8.05. The number of pyridine rings is 1. The Morgan fingerprint density at radius 1 is 1.17 bits per heavy atom. The van der Waals surface area contributed by atoms with Gasteiger partial charge in [-0.05, 0) is 25.5 Å². The number of rotatable bonds is 4. The zero-order valence-corrected chi connectivity index (χ0v) is 10.4. The first-order valence-electron chi connectivity index (χ1n) is 5.45. The quantitative estimate of drug-likeness (QED) is 0.754. The Morgan fingerprint density at radius 3 is 2.00 bits per heavy atom. The van der Waals surface area contributed by atoms with Crippen LogP contribution in [0.5, 0.6) is 5.75 Å². The Bertz CT molecular complexity index is 403. The third-order valence-corrected chi connectivity index (χ3v) is 2.03. The van der Waals surface area contributed by atoms with Crippen molar-refractivity contribution in [2.75, 3.05) is 0 Å². The van der Waals surface area contributed by atoms with Gasteiger partial charge >= 0.3 is 11.9 Å². The van der Waals surface area contributed by atoms with E-state index in [1.54, 1.807) is 13.0 Å². The van der Waals surface area contributed by atoms with E-state index in [1.165, 1.54) is 0 Å². The number of aromatic hydroxyl groups is 1. The van der Waals surface area contributed by atoms with Crippen LogP contribution in [-0.4, -0.2) is 32.2 Å². The third kappa shape index (κ3) is 7.21. The highest BCUT2D eigenvalue weighted by atomic mass is 16.4. The van der Waals surface area contributed by atoms with Crippen LogP contribution >= 0.6 is 0 Å². The lowest BCUT2D eigenvalue weighted by Gasteiger charge is -1.98. The first-order chi connectivity index (χ1) is 8.36.